The quantitative estimate of drug-likeness (QED) is 0.249. The highest BCUT2D eigenvalue weighted by molar-refractivity contribution is 14.0. The van der Waals surface area contributed by atoms with Crippen molar-refractivity contribution in [2.24, 2.45) is 4.99 Å². The van der Waals surface area contributed by atoms with Gasteiger partial charge in [0.2, 0.25) is 5.75 Å². The first-order valence-electron chi connectivity index (χ1n) is 7.69. The number of hydrogen-bond acceptors (Lipinski definition) is 4. The average Bonchev–Trinajstić information content (AvgIpc) is 2.58. The number of unbranched alkanes of at least 4 members (excludes halogenated alkanes) is 1. The van der Waals surface area contributed by atoms with Gasteiger partial charge in [0.15, 0.2) is 17.5 Å². The van der Waals surface area contributed by atoms with Gasteiger partial charge in [-0.2, -0.15) is 13.2 Å². The van der Waals surface area contributed by atoms with Crippen LogP contribution in [0.1, 0.15) is 19.3 Å². The standard InChI is InChI=1S/C16H24F3N3O3.HI/c1-20-15(21-8-6-5-7-16(17,18)19)22-11-9-12(23-2)14(25-4)13(10-11)24-3;/h9-10H,5-8H2,1-4H3,(H2,20,21,22);1H. The van der Waals surface area contributed by atoms with Crippen LogP contribution in [0.5, 0.6) is 17.2 Å². The molecule has 26 heavy (non-hydrogen) atoms. The summed E-state index contributed by atoms with van der Waals surface area (Å²) in [6.07, 6.45) is -4.45. The minimum absolute atomic E-state index is 0. The molecule has 1 aromatic carbocycles. The Balaban J connectivity index is 0.00000625. The molecule has 0 aliphatic carbocycles. The predicted octanol–water partition coefficient (Wildman–Crippen LogP) is 4.05. The van der Waals surface area contributed by atoms with Crippen molar-refractivity contribution in [3.63, 3.8) is 0 Å². The molecule has 0 saturated carbocycles. The second-order valence-corrected chi connectivity index (χ2v) is 5.11. The van der Waals surface area contributed by atoms with Crippen LogP contribution in [0.2, 0.25) is 0 Å². The van der Waals surface area contributed by atoms with E-state index in [2.05, 4.69) is 15.6 Å². The first-order chi connectivity index (χ1) is 11.8. The monoisotopic (exact) mass is 491 g/mol. The maximum Gasteiger partial charge on any atom is 0.389 e. The number of alkyl halides is 3. The SMILES string of the molecule is CN=C(NCCCCC(F)(F)F)Nc1cc(OC)c(OC)c(OC)c1.I. The Bertz CT molecular complexity index is 559. The van der Waals surface area contributed by atoms with Crippen LogP contribution in [0.3, 0.4) is 0 Å². The summed E-state index contributed by atoms with van der Waals surface area (Å²) in [5.41, 5.74) is 0.637. The maximum absolute atomic E-state index is 12.1. The molecule has 10 heteroatoms. The van der Waals surface area contributed by atoms with Crippen LogP contribution in [0.15, 0.2) is 17.1 Å². The minimum Gasteiger partial charge on any atom is -0.493 e. The number of benzene rings is 1. The van der Waals surface area contributed by atoms with Crippen molar-refractivity contribution in [3.05, 3.63) is 12.1 Å². The predicted molar refractivity (Wildman–Crippen MR) is 106 cm³/mol. The van der Waals surface area contributed by atoms with E-state index >= 15 is 0 Å². The third-order valence-electron chi connectivity index (χ3n) is 3.33. The number of rotatable bonds is 8. The number of ether oxygens (including phenoxy) is 3. The number of nitrogens with one attached hydrogen (secondary N) is 2. The average molecular weight is 491 g/mol. The lowest BCUT2D eigenvalue weighted by atomic mass is 10.2. The molecule has 1 aromatic rings. The highest BCUT2D eigenvalue weighted by atomic mass is 127. The lowest BCUT2D eigenvalue weighted by molar-refractivity contribution is -0.135. The van der Waals surface area contributed by atoms with Crippen LogP contribution in [0.25, 0.3) is 0 Å². The Morgan fingerprint density at radius 3 is 2.04 bits per heavy atom. The number of methoxy groups -OCH3 is 3. The molecule has 0 bridgehead atoms. The van der Waals surface area contributed by atoms with Gasteiger partial charge in [-0.15, -0.1) is 24.0 Å². The van der Waals surface area contributed by atoms with Gasteiger partial charge >= 0.3 is 6.18 Å². The van der Waals surface area contributed by atoms with Crippen LogP contribution in [0.4, 0.5) is 18.9 Å². The van der Waals surface area contributed by atoms with Crippen molar-refractivity contribution in [2.75, 3.05) is 40.2 Å². The van der Waals surface area contributed by atoms with Gasteiger partial charge < -0.3 is 24.8 Å². The normalized spacial score (nSPS) is 11.4. The summed E-state index contributed by atoms with van der Waals surface area (Å²) < 4.78 is 52.1. The van der Waals surface area contributed by atoms with E-state index in [0.29, 0.717) is 41.9 Å². The van der Waals surface area contributed by atoms with Gasteiger partial charge in [-0.3, -0.25) is 4.99 Å². The van der Waals surface area contributed by atoms with E-state index in [9.17, 15) is 13.2 Å². The number of nitrogens with zero attached hydrogens (tertiary/aromatic N) is 1. The van der Waals surface area contributed by atoms with Crippen LogP contribution in [-0.2, 0) is 0 Å². The van der Waals surface area contributed by atoms with E-state index in [1.807, 2.05) is 0 Å². The fourth-order valence-corrected chi connectivity index (χ4v) is 2.13. The molecule has 0 amide bonds. The van der Waals surface area contributed by atoms with Crippen molar-refractivity contribution < 1.29 is 27.4 Å². The summed E-state index contributed by atoms with van der Waals surface area (Å²) in [5.74, 6) is 1.85. The van der Waals surface area contributed by atoms with Crippen molar-refractivity contribution in [1.82, 2.24) is 5.32 Å². The van der Waals surface area contributed by atoms with Crippen LogP contribution >= 0.6 is 24.0 Å². The fourth-order valence-electron chi connectivity index (χ4n) is 2.13. The molecule has 2 N–H and O–H groups in total. The molecule has 0 atom stereocenters. The zero-order valence-corrected chi connectivity index (χ0v) is 17.5. The van der Waals surface area contributed by atoms with Crippen LogP contribution in [-0.4, -0.2) is 47.1 Å². The Hall–Kier alpha value is -1.59. The van der Waals surface area contributed by atoms with Gasteiger partial charge in [0, 0.05) is 37.8 Å². The van der Waals surface area contributed by atoms with Gasteiger partial charge in [-0.25, -0.2) is 0 Å². The largest absolute Gasteiger partial charge is 0.493 e. The Morgan fingerprint density at radius 2 is 1.62 bits per heavy atom. The Morgan fingerprint density at radius 1 is 1.04 bits per heavy atom. The fraction of sp³-hybridized carbons (Fsp3) is 0.562. The van der Waals surface area contributed by atoms with Crippen molar-refractivity contribution in [3.8, 4) is 17.2 Å². The van der Waals surface area contributed by atoms with Crippen molar-refractivity contribution >= 4 is 35.6 Å². The lowest BCUT2D eigenvalue weighted by Crippen LogP contribution is -2.31. The van der Waals surface area contributed by atoms with E-state index in [-0.39, 0.29) is 30.4 Å². The van der Waals surface area contributed by atoms with E-state index in [0.717, 1.165) is 0 Å². The smallest absolute Gasteiger partial charge is 0.389 e. The summed E-state index contributed by atoms with van der Waals surface area (Å²) >= 11 is 0. The summed E-state index contributed by atoms with van der Waals surface area (Å²) in [6.45, 7) is 0.375. The molecule has 0 aromatic heterocycles. The van der Waals surface area contributed by atoms with Crippen molar-refractivity contribution in [1.29, 1.82) is 0 Å². The number of anilines is 1. The summed E-state index contributed by atoms with van der Waals surface area (Å²) in [5, 5.41) is 6.00. The summed E-state index contributed by atoms with van der Waals surface area (Å²) in [7, 11) is 6.10. The lowest BCUT2D eigenvalue weighted by Gasteiger charge is -2.16. The topological polar surface area (TPSA) is 64.1 Å². The Kier molecular flexibility index (Phi) is 11.2. The molecule has 6 nitrogen and oxygen atoms in total. The molecule has 0 spiro atoms. The second kappa shape index (κ2) is 11.9. The number of hydrogen-bond donors (Lipinski definition) is 2. The highest BCUT2D eigenvalue weighted by Crippen LogP contribution is 2.39. The molecule has 0 fully saturated rings. The van der Waals surface area contributed by atoms with E-state index < -0.39 is 12.6 Å². The van der Waals surface area contributed by atoms with E-state index in [4.69, 9.17) is 14.2 Å². The number of aliphatic imine (C=N–C) groups is 1. The first-order valence-corrected chi connectivity index (χ1v) is 7.69. The number of guanidine groups is 1. The maximum atomic E-state index is 12.1. The molecule has 150 valence electrons. The molecule has 0 radical (unpaired) electrons. The summed E-state index contributed by atoms with van der Waals surface area (Å²) in [4.78, 5) is 4.04. The molecule has 0 aliphatic heterocycles. The van der Waals surface area contributed by atoms with Gasteiger partial charge in [-0.05, 0) is 12.8 Å². The molecule has 0 unspecified atom stereocenters. The van der Waals surface area contributed by atoms with E-state index in [1.165, 1.54) is 21.3 Å². The Labute approximate surface area is 168 Å². The second-order valence-electron chi connectivity index (χ2n) is 5.11. The third-order valence-corrected chi connectivity index (χ3v) is 3.33. The van der Waals surface area contributed by atoms with Gasteiger partial charge in [0.1, 0.15) is 0 Å². The van der Waals surface area contributed by atoms with Gasteiger partial charge in [0.05, 0.1) is 21.3 Å². The van der Waals surface area contributed by atoms with Crippen LogP contribution < -0.4 is 24.8 Å². The number of halogens is 4. The molecular weight excluding hydrogens is 466 g/mol. The van der Waals surface area contributed by atoms with Gasteiger partial charge in [0.25, 0.3) is 0 Å². The van der Waals surface area contributed by atoms with Crippen LogP contribution in [0, 0.1) is 0 Å². The molecule has 0 saturated heterocycles. The summed E-state index contributed by atoms with van der Waals surface area (Å²) in [6, 6.07) is 3.41. The molecule has 0 aliphatic rings. The molecule has 0 heterocycles. The molecular formula is C16H25F3IN3O3. The zero-order valence-electron chi connectivity index (χ0n) is 15.2. The van der Waals surface area contributed by atoms with E-state index in [1.54, 1.807) is 19.2 Å². The first kappa shape index (κ1) is 24.4. The minimum atomic E-state index is -4.11. The molecule has 1 rings (SSSR count). The zero-order chi connectivity index (χ0) is 18.9. The van der Waals surface area contributed by atoms with Gasteiger partial charge in [-0.1, -0.05) is 0 Å². The van der Waals surface area contributed by atoms with Crippen molar-refractivity contribution in [2.45, 2.75) is 25.4 Å². The highest BCUT2D eigenvalue weighted by Gasteiger charge is 2.25. The third kappa shape index (κ3) is 8.19.